The Kier molecular flexibility index (Phi) is 28.1. The third-order valence-electron chi connectivity index (χ3n) is 6.58. The molecule has 0 saturated heterocycles. The lowest BCUT2D eigenvalue weighted by molar-refractivity contribution is 0.469. The van der Waals surface area contributed by atoms with Crippen LogP contribution in [0.15, 0.2) is 12.3 Å². The van der Waals surface area contributed by atoms with Gasteiger partial charge in [-0.15, -0.1) is 0 Å². The maximum atomic E-state index is 8.57. The molecule has 1 heteroatoms. The third kappa shape index (κ3) is 27.5. The molecule has 0 aromatic rings. The number of allylic oxidation sites excluding steroid dienone is 1. The summed E-state index contributed by atoms with van der Waals surface area (Å²) in [7, 11) is 0. The number of aliphatic hydroxyl groups is 1. The smallest absolute Gasteiger partial charge is 0.0751 e. The summed E-state index contributed by atoms with van der Waals surface area (Å²) in [6.07, 6.45) is 40.1. The van der Waals surface area contributed by atoms with Gasteiger partial charge in [0.15, 0.2) is 0 Å². The monoisotopic (exact) mass is 422 g/mol. The van der Waals surface area contributed by atoms with Crippen LogP contribution in [0.5, 0.6) is 0 Å². The van der Waals surface area contributed by atoms with E-state index in [0.717, 1.165) is 6.42 Å². The van der Waals surface area contributed by atoms with Gasteiger partial charge in [-0.2, -0.15) is 0 Å². The zero-order chi connectivity index (χ0) is 21.8. The van der Waals surface area contributed by atoms with Crippen LogP contribution in [0, 0.1) is 0 Å². The van der Waals surface area contributed by atoms with Gasteiger partial charge in [-0.1, -0.05) is 167 Å². The third-order valence-corrected chi connectivity index (χ3v) is 6.58. The van der Waals surface area contributed by atoms with E-state index in [-0.39, 0.29) is 0 Å². The number of hydrogen-bond donors (Lipinski definition) is 1. The van der Waals surface area contributed by atoms with Gasteiger partial charge in [-0.3, -0.25) is 0 Å². The summed E-state index contributed by atoms with van der Waals surface area (Å²) >= 11 is 0. The second kappa shape index (κ2) is 28.5. The van der Waals surface area contributed by atoms with Gasteiger partial charge >= 0.3 is 0 Å². The van der Waals surface area contributed by atoms with Crippen molar-refractivity contribution >= 4 is 0 Å². The summed E-state index contributed by atoms with van der Waals surface area (Å²) < 4.78 is 0. The first-order chi connectivity index (χ1) is 14.9. The average molecular weight is 423 g/mol. The maximum absolute atomic E-state index is 8.57. The Morgan fingerprint density at radius 3 is 0.833 bits per heavy atom. The van der Waals surface area contributed by atoms with E-state index >= 15 is 0 Å². The van der Waals surface area contributed by atoms with Crippen molar-refractivity contribution in [1.82, 2.24) is 0 Å². The van der Waals surface area contributed by atoms with Gasteiger partial charge in [0.2, 0.25) is 0 Å². The van der Waals surface area contributed by atoms with Gasteiger partial charge in [0, 0.05) is 0 Å². The molecule has 0 aliphatic rings. The van der Waals surface area contributed by atoms with Crippen molar-refractivity contribution in [2.75, 3.05) is 0 Å². The first-order valence-corrected chi connectivity index (χ1v) is 14.2. The van der Waals surface area contributed by atoms with Crippen LogP contribution in [0.3, 0.4) is 0 Å². The summed E-state index contributed by atoms with van der Waals surface area (Å²) in [5, 5.41) is 8.57. The van der Waals surface area contributed by atoms with Crippen LogP contribution in [-0.4, -0.2) is 5.11 Å². The van der Waals surface area contributed by atoms with Crippen molar-refractivity contribution in [1.29, 1.82) is 0 Å². The molecule has 1 nitrogen and oxygen atoms in total. The van der Waals surface area contributed by atoms with Gasteiger partial charge in [-0.05, 0) is 12.8 Å². The van der Waals surface area contributed by atoms with Crippen molar-refractivity contribution in [2.24, 2.45) is 0 Å². The molecule has 0 aromatic heterocycles. The molecule has 30 heavy (non-hydrogen) atoms. The Morgan fingerprint density at radius 2 is 0.600 bits per heavy atom. The van der Waals surface area contributed by atoms with Gasteiger partial charge < -0.3 is 5.11 Å². The second-order valence-electron chi connectivity index (χ2n) is 9.66. The van der Waals surface area contributed by atoms with Crippen LogP contribution >= 0.6 is 0 Å². The molecule has 0 fully saturated rings. The van der Waals surface area contributed by atoms with Crippen molar-refractivity contribution in [3.63, 3.8) is 0 Å². The molecule has 0 aromatic carbocycles. The van der Waals surface area contributed by atoms with E-state index in [1.807, 2.05) is 6.08 Å². The molecule has 0 amide bonds. The normalized spacial score (nSPS) is 11.6. The predicted octanol–water partition coefficient (Wildman–Crippen LogP) is 11.2. The summed E-state index contributed by atoms with van der Waals surface area (Å²) in [5.41, 5.74) is 0. The molecule has 0 saturated carbocycles. The number of aliphatic hydroxyl groups excluding tert-OH is 1. The fourth-order valence-corrected chi connectivity index (χ4v) is 4.48. The topological polar surface area (TPSA) is 20.2 Å². The molecule has 0 rings (SSSR count). The fourth-order valence-electron chi connectivity index (χ4n) is 4.48. The van der Waals surface area contributed by atoms with Crippen molar-refractivity contribution in [3.05, 3.63) is 12.3 Å². The minimum Gasteiger partial charge on any atom is -0.516 e. The summed E-state index contributed by atoms with van der Waals surface area (Å²) in [6.45, 7) is 2.30. The molecule has 1 N–H and O–H groups in total. The summed E-state index contributed by atoms with van der Waals surface area (Å²) in [4.78, 5) is 0. The first-order valence-electron chi connectivity index (χ1n) is 14.2. The van der Waals surface area contributed by atoms with Crippen LogP contribution < -0.4 is 0 Å². The van der Waals surface area contributed by atoms with Gasteiger partial charge in [0.25, 0.3) is 0 Å². The van der Waals surface area contributed by atoms with E-state index in [4.69, 9.17) is 5.11 Å². The van der Waals surface area contributed by atoms with Crippen LogP contribution in [0.1, 0.15) is 174 Å². The van der Waals surface area contributed by atoms with Gasteiger partial charge in [0.05, 0.1) is 6.26 Å². The Balaban J connectivity index is 2.99. The summed E-state index contributed by atoms with van der Waals surface area (Å²) in [5.74, 6) is 0. The molecular formula is C29H58O. The fraction of sp³-hybridized carbons (Fsp3) is 0.931. The highest BCUT2D eigenvalue weighted by Crippen LogP contribution is 2.15. The van der Waals surface area contributed by atoms with E-state index < -0.39 is 0 Å². The van der Waals surface area contributed by atoms with Gasteiger partial charge in [-0.25, -0.2) is 0 Å². The van der Waals surface area contributed by atoms with Crippen LogP contribution in [0.4, 0.5) is 0 Å². The van der Waals surface area contributed by atoms with Crippen molar-refractivity contribution in [2.45, 2.75) is 174 Å². The standard InChI is InChI=1S/C29H58O/c1-2-3-4-5-6-7-8-9-10-11-12-13-14-15-16-17-18-19-20-21-22-23-24-25-26-27-28-29-30/h28-30H,2-27H2,1H3/b29-28+. The van der Waals surface area contributed by atoms with E-state index in [0.29, 0.717) is 0 Å². The quantitative estimate of drug-likeness (QED) is 0.108. The van der Waals surface area contributed by atoms with Gasteiger partial charge in [0.1, 0.15) is 0 Å². The molecule has 0 heterocycles. The predicted molar refractivity (Wildman–Crippen MR) is 137 cm³/mol. The van der Waals surface area contributed by atoms with E-state index in [9.17, 15) is 0 Å². The van der Waals surface area contributed by atoms with Crippen LogP contribution in [0.25, 0.3) is 0 Å². The second-order valence-corrected chi connectivity index (χ2v) is 9.66. The van der Waals surface area contributed by atoms with Crippen molar-refractivity contribution in [3.8, 4) is 0 Å². The molecule has 0 atom stereocenters. The maximum Gasteiger partial charge on any atom is 0.0751 e. The average Bonchev–Trinajstić information content (AvgIpc) is 2.76. The van der Waals surface area contributed by atoms with E-state index in [1.54, 1.807) is 0 Å². The zero-order valence-corrected chi connectivity index (χ0v) is 21.0. The van der Waals surface area contributed by atoms with E-state index in [1.165, 1.54) is 167 Å². The highest BCUT2D eigenvalue weighted by Gasteiger charge is 1.96. The van der Waals surface area contributed by atoms with Crippen LogP contribution in [-0.2, 0) is 0 Å². The Bertz CT molecular complexity index is 309. The summed E-state index contributed by atoms with van der Waals surface area (Å²) in [6, 6.07) is 0. The largest absolute Gasteiger partial charge is 0.516 e. The minimum atomic E-state index is 1.04. The lowest BCUT2D eigenvalue weighted by Crippen LogP contribution is -1.84. The minimum absolute atomic E-state index is 1.04. The molecule has 0 spiro atoms. The first kappa shape index (κ1) is 29.5. The molecule has 0 radical (unpaired) electrons. The molecule has 0 bridgehead atoms. The number of hydrogen-bond acceptors (Lipinski definition) is 1. The molecule has 0 aliphatic heterocycles. The zero-order valence-electron chi connectivity index (χ0n) is 21.0. The van der Waals surface area contributed by atoms with Crippen molar-refractivity contribution < 1.29 is 5.11 Å². The Labute approximate surface area is 191 Å². The Morgan fingerprint density at radius 1 is 0.367 bits per heavy atom. The van der Waals surface area contributed by atoms with Crippen LogP contribution in [0.2, 0.25) is 0 Å². The SMILES string of the molecule is CCCCCCCCCCCCCCCCCCCCCCCCCCC/C=C/O. The molecule has 180 valence electrons. The molecular weight excluding hydrogens is 364 g/mol. The van der Waals surface area contributed by atoms with E-state index in [2.05, 4.69) is 6.92 Å². The Hall–Kier alpha value is -0.460. The lowest BCUT2D eigenvalue weighted by Gasteiger charge is -2.04. The highest BCUT2D eigenvalue weighted by molar-refractivity contribution is 4.70. The number of rotatable bonds is 26. The highest BCUT2D eigenvalue weighted by atomic mass is 16.2. The number of unbranched alkanes of at least 4 members (excludes halogenated alkanes) is 25. The lowest BCUT2D eigenvalue weighted by atomic mass is 10.0. The molecule has 0 aliphatic carbocycles. The molecule has 0 unspecified atom stereocenters.